The Morgan fingerprint density at radius 2 is 2.00 bits per heavy atom. The molecule has 14 heavy (non-hydrogen) atoms. The number of hydrogen-bond donors (Lipinski definition) is 0. The summed E-state index contributed by atoms with van der Waals surface area (Å²) in [7, 11) is 0. The Bertz CT molecular complexity index is 188. The van der Waals surface area contributed by atoms with Crippen LogP contribution < -0.4 is 0 Å². The van der Waals surface area contributed by atoms with Crippen LogP contribution >= 0.6 is 0 Å². The number of hydrogen-bond acceptors (Lipinski definition) is 2. The van der Waals surface area contributed by atoms with Gasteiger partial charge in [0.05, 0.1) is 0 Å². The lowest BCUT2D eigenvalue weighted by Gasteiger charge is -2.34. The first-order valence-corrected chi connectivity index (χ1v) is 5.82. The molecule has 1 rings (SSSR count). The summed E-state index contributed by atoms with van der Waals surface area (Å²) in [5.41, 5.74) is -0.477. The molecule has 0 N–H and O–H groups in total. The fourth-order valence-corrected chi connectivity index (χ4v) is 2.22. The molecule has 0 bridgehead atoms. The van der Waals surface area contributed by atoms with Crippen molar-refractivity contribution in [3.05, 3.63) is 0 Å². The molecule has 2 nitrogen and oxygen atoms in total. The summed E-state index contributed by atoms with van der Waals surface area (Å²) in [6, 6.07) is 0. The molecule has 1 atom stereocenters. The van der Waals surface area contributed by atoms with Crippen LogP contribution in [0.15, 0.2) is 0 Å². The standard InChI is InChI=1S/C12H22O2/c1-4-10(5-2)11(13)12(3)8-6-7-9-14-12/h10H,4-9H2,1-3H3. The van der Waals surface area contributed by atoms with E-state index < -0.39 is 5.60 Å². The van der Waals surface area contributed by atoms with Gasteiger partial charge in [0.1, 0.15) is 5.60 Å². The third-order valence-corrected chi connectivity index (χ3v) is 3.35. The second-order valence-electron chi connectivity index (χ2n) is 4.41. The molecule has 0 aliphatic carbocycles. The minimum absolute atomic E-state index is 0.193. The number of carbonyl (C=O) groups excluding carboxylic acids is 1. The van der Waals surface area contributed by atoms with E-state index in [1.807, 2.05) is 6.92 Å². The monoisotopic (exact) mass is 198 g/mol. The van der Waals surface area contributed by atoms with E-state index in [0.29, 0.717) is 5.78 Å². The normalized spacial score (nSPS) is 28.0. The molecule has 0 aromatic carbocycles. The highest BCUT2D eigenvalue weighted by atomic mass is 16.5. The van der Waals surface area contributed by atoms with E-state index in [9.17, 15) is 4.79 Å². The van der Waals surface area contributed by atoms with E-state index >= 15 is 0 Å². The van der Waals surface area contributed by atoms with Crippen LogP contribution in [0.4, 0.5) is 0 Å². The average Bonchev–Trinajstić information content (AvgIpc) is 2.20. The zero-order valence-corrected chi connectivity index (χ0v) is 9.64. The molecule has 1 fully saturated rings. The van der Waals surface area contributed by atoms with Gasteiger partial charge < -0.3 is 4.74 Å². The summed E-state index contributed by atoms with van der Waals surface area (Å²) >= 11 is 0. The van der Waals surface area contributed by atoms with Gasteiger partial charge in [-0.3, -0.25) is 4.79 Å². The molecule has 0 saturated carbocycles. The average molecular weight is 198 g/mol. The second kappa shape index (κ2) is 4.92. The van der Waals surface area contributed by atoms with Crippen molar-refractivity contribution in [2.45, 2.75) is 58.5 Å². The zero-order valence-electron chi connectivity index (χ0n) is 9.64. The highest BCUT2D eigenvalue weighted by Crippen LogP contribution is 2.29. The maximum absolute atomic E-state index is 12.2. The number of ketones is 1. The molecule has 0 spiro atoms. The molecule has 1 aliphatic rings. The third kappa shape index (κ3) is 2.35. The summed E-state index contributed by atoms with van der Waals surface area (Å²) in [6.07, 6.45) is 5.01. The SMILES string of the molecule is CCC(CC)C(=O)C1(C)CCCCO1. The van der Waals surface area contributed by atoms with E-state index in [1.165, 1.54) is 0 Å². The van der Waals surface area contributed by atoms with Gasteiger partial charge in [0.15, 0.2) is 5.78 Å². The van der Waals surface area contributed by atoms with E-state index in [-0.39, 0.29) is 5.92 Å². The van der Waals surface area contributed by atoms with Crippen LogP contribution in [0, 0.1) is 5.92 Å². The smallest absolute Gasteiger partial charge is 0.167 e. The lowest BCUT2D eigenvalue weighted by Crippen LogP contribution is -2.44. The lowest BCUT2D eigenvalue weighted by atomic mass is 9.82. The summed E-state index contributed by atoms with van der Waals surface area (Å²) in [5, 5.41) is 0. The Balaban J connectivity index is 2.64. The van der Waals surface area contributed by atoms with E-state index in [1.54, 1.807) is 0 Å². The molecule has 1 heterocycles. The Kier molecular flexibility index (Phi) is 4.11. The lowest BCUT2D eigenvalue weighted by molar-refractivity contribution is -0.152. The quantitative estimate of drug-likeness (QED) is 0.694. The molecule has 1 aliphatic heterocycles. The van der Waals surface area contributed by atoms with Crippen LogP contribution in [0.5, 0.6) is 0 Å². The number of carbonyl (C=O) groups is 1. The van der Waals surface area contributed by atoms with Crippen LogP contribution in [0.1, 0.15) is 52.9 Å². The van der Waals surface area contributed by atoms with Gasteiger partial charge in [0.25, 0.3) is 0 Å². The van der Waals surface area contributed by atoms with Gasteiger partial charge >= 0.3 is 0 Å². The van der Waals surface area contributed by atoms with Gasteiger partial charge in [0, 0.05) is 12.5 Å². The summed E-state index contributed by atoms with van der Waals surface area (Å²) in [4.78, 5) is 12.2. The molecule has 2 heteroatoms. The number of rotatable bonds is 4. The van der Waals surface area contributed by atoms with Gasteiger partial charge in [-0.2, -0.15) is 0 Å². The van der Waals surface area contributed by atoms with Crippen LogP contribution in [-0.2, 0) is 9.53 Å². The van der Waals surface area contributed by atoms with Gasteiger partial charge in [0.2, 0.25) is 0 Å². The van der Waals surface area contributed by atoms with Gasteiger partial charge in [-0.05, 0) is 39.0 Å². The molecule has 0 aromatic rings. The molecular formula is C12H22O2. The van der Waals surface area contributed by atoms with Crippen molar-refractivity contribution in [1.82, 2.24) is 0 Å². The van der Waals surface area contributed by atoms with Gasteiger partial charge in [-0.25, -0.2) is 0 Å². The van der Waals surface area contributed by atoms with Crippen molar-refractivity contribution < 1.29 is 9.53 Å². The molecule has 1 saturated heterocycles. The topological polar surface area (TPSA) is 26.3 Å². The molecule has 0 aromatic heterocycles. The van der Waals surface area contributed by atoms with Crippen LogP contribution in [0.3, 0.4) is 0 Å². The largest absolute Gasteiger partial charge is 0.367 e. The van der Waals surface area contributed by atoms with Crippen molar-refractivity contribution in [3.63, 3.8) is 0 Å². The molecular weight excluding hydrogens is 176 g/mol. The number of ether oxygens (including phenoxy) is 1. The number of Topliss-reactive ketones (excluding diaryl/α,β-unsaturated/α-hetero) is 1. The van der Waals surface area contributed by atoms with Crippen molar-refractivity contribution in [3.8, 4) is 0 Å². The highest BCUT2D eigenvalue weighted by molar-refractivity contribution is 5.89. The minimum atomic E-state index is -0.477. The maximum Gasteiger partial charge on any atom is 0.167 e. The highest BCUT2D eigenvalue weighted by Gasteiger charge is 2.38. The predicted octanol–water partition coefficient (Wildman–Crippen LogP) is 2.95. The molecule has 0 amide bonds. The van der Waals surface area contributed by atoms with E-state index in [0.717, 1.165) is 38.7 Å². The molecule has 82 valence electrons. The van der Waals surface area contributed by atoms with Crippen molar-refractivity contribution in [2.24, 2.45) is 5.92 Å². The minimum Gasteiger partial charge on any atom is -0.367 e. The molecule has 1 unspecified atom stereocenters. The first-order valence-electron chi connectivity index (χ1n) is 5.82. The van der Waals surface area contributed by atoms with Crippen molar-refractivity contribution in [1.29, 1.82) is 0 Å². The Morgan fingerprint density at radius 3 is 2.43 bits per heavy atom. The van der Waals surface area contributed by atoms with Crippen LogP contribution in [0.2, 0.25) is 0 Å². The Hall–Kier alpha value is -0.370. The van der Waals surface area contributed by atoms with Crippen LogP contribution in [0.25, 0.3) is 0 Å². The first kappa shape index (κ1) is 11.7. The van der Waals surface area contributed by atoms with Crippen LogP contribution in [-0.4, -0.2) is 18.0 Å². The van der Waals surface area contributed by atoms with E-state index in [2.05, 4.69) is 13.8 Å². The summed E-state index contributed by atoms with van der Waals surface area (Å²) in [6.45, 7) is 6.88. The Morgan fingerprint density at radius 1 is 1.36 bits per heavy atom. The fourth-order valence-electron chi connectivity index (χ4n) is 2.22. The van der Waals surface area contributed by atoms with Gasteiger partial charge in [-0.1, -0.05) is 13.8 Å². The van der Waals surface area contributed by atoms with Crippen molar-refractivity contribution in [2.75, 3.05) is 6.61 Å². The third-order valence-electron chi connectivity index (χ3n) is 3.35. The van der Waals surface area contributed by atoms with E-state index in [4.69, 9.17) is 4.74 Å². The fraction of sp³-hybridized carbons (Fsp3) is 0.917. The molecule has 0 radical (unpaired) electrons. The first-order chi connectivity index (χ1) is 6.64. The second-order valence-corrected chi connectivity index (χ2v) is 4.41. The summed E-state index contributed by atoms with van der Waals surface area (Å²) in [5.74, 6) is 0.514. The maximum atomic E-state index is 12.2. The Labute approximate surface area is 87.0 Å². The van der Waals surface area contributed by atoms with Crippen molar-refractivity contribution >= 4 is 5.78 Å². The summed E-state index contributed by atoms with van der Waals surface area (Å²) < 4.78 is 5.66. The zero-order chi connectivity index (χ0) is 10.6. The van der Waals surface area contributed by atoms with Gasteiger partial charge in [-0.15, -0.1) is 0 Å². The predicted molar refractivity (Wildman–Crippen MR) is 57.3 cm³/mol.